The standard InChI is InChI=1S/C32H26Br2N2O2S/c1-20-12-14-23(15-13-20)19-38-30-26(33)16-24(17-27(30)34)18-28-31(37)36(25-10-5-4-6-11-25)32(39-28)35-29-21(2)8-7-9-22(29)3/h4-18H,19H2,1-3H3/b28-18-,35-32?. The maximum atomic E-state index is 13.7. The third-order valence-corrected chi connectivity index (χ3v) is 8.44. The van der Waals surface area contributed by atoms with Gasteiger partial charge in [0.15, 0.2) is 5.17 Å². The summed E-state index contributed by atoms with van der Waals surface area (Å²) in [7, 11) is 0. The highest BCUT2D eigenvalue weighted by atomic mass is 79.9. The van der Waals surface area contributed by atoms with Crippen molar-refractivity contribution in [2.45, 2.75) is 27.4 Å². The summed E-state index contributed by atoms with van der Waals surface area (Å²) in [6, 6.07) is 27.9. The third kappa shape index (κ3) is 6.21. The van der Waals surface area contributed by atoms with Crippen LogP contribution in [0, 0.1) is 20.8 Å². The smallest absolute Gasteiger partial charge is 0.271 e. The number of para-hydroxylation sites is 2. The van der Waals surface area contributed by atoms with E-state index in [1.807, 2.05) is 80.6 Å². The lowest BCUT2D eigenvalue weighted by molar-refractivity contribution is -0.113. The van der Waals surface area contributed by atoms with Crippen LogP contribution < -0.4 is 9.64 Å². The fourth-order valence-corrected chi connectivity index (χ4v) is 6.66. The number of amides is 1. The van der Waals surface area contributed by atoms with Gasteiger partial charge in [0.05, 0.1) is 25.2 Å². The Kier molecular flexibility index (Phi) is 8.40. The van der Waals surface area contributed by atoms with Crippen molar-refractivity contribution in [3.05, 3.63) is 127 Å². The average Bonchev–Trinajstić information content (AvgIpc) is 3.21. The molecule has 1 aliphatic rings. The van der Waals surface area contributed by atoms with Gasteiger partial charge in [0.25, 0.3) is 5.91 Å². The Bertz CT molecular complexity index is 1560. The molecule has 0 spiro atoms. The first-order valence-corrected chi connectivity index (χ1v) is 14.8. The van der Waals surface area contributed by atoms with E-state index in [0.717, 1.165) is 42.6 Å². The van der Waals surface area contributed by atoms with E-state index in [0.29, 0.717) is 22.4 Å². The Hall–Kier alpha value is -3.13. The van der Waals surface area contributed by atoms with Crippen LogP contribution >= 0.6 is 43.6 Å². The van der Waals surface area contributed by atoms with E-state index >= 15 is 0 Å². The zero-order valence-corrected chi connectivity index (χ0v) is 25.7. The lowest BCUT2D eigenvalue weighted by atomic mass is 10.1. The number of nitrogens with zero attached hydrogens (tertiary/aromatic N) is 2. The first-order chi connectivity index (χ1) is 18.8. The minimum Gasteiger partial charge on any atom is -0.487 e. The molecule has 196 valence electrons. The summed E-state index contributed by atoms with van der Waals surface area (Å²) >= 11 is 8.70. The van der Waals surface area contributed by atoms with Crippen LogP contribution in [-0.4, -0.2) is 11.1 Å². The molecule has 0 aromatic heterocycles. The van der Waals surface area contributed by atoms with Crippen LogP contribution in [0.1, 0.15) is 27.8 Å². The van der Waals surface area contributed by atoms with Crippen LogP contribution in [0.15, 0.2) is 104 Å². The molecule has 0 radical (unpaired) electrons. The molecule has 7 heteroatoms. The number of carbonyl (C=O) groups excluding carboxylic acids is 1. The molecule has 4 aromatic rings. The summed E-state index contributed by atoms with van der Waals surface area (Å²) < 4.78 is 7.71. The van der Waals surface area contributed by atoms with Crippen molar-refractivity contribution in [3.8, 4) is 5.75 Å². The molecule has 4 aromatic carbocycles. The maximum absolute atomic E-state index is 13.7. The second kappa shape index (κ2) is 11.9. The average molecular weight is 662 g/mol. The summed E-state index contributed by atoms with van der Waals surface area (Å²) in [6.45, 7) is 6.59. The second-order valence-electron chi connectivity index (χ2n) is 9.31. The molecule has 0 bridgehead atoms. The van der Waals surface area contributed by atoms with Crippen LogP contribution in [0.5, 0.6) is 5.75 Å². The molecule has 1 amide bonds. The van der Waals surface area contributed by atoms with Gasteiger partial charge < -0.3 is 4.74 Å². The number of rotatable bonds is 6. The van der Waals surface area contributed by atoms with Crippen LogP contribution in [0.3, 0.4) is 0 Å². The van der Waals surface area contributed by atoms with Crippen molar-refractivity contribution in [1.82, 2.24) is 0 Å². The quantitative estimate of drug-likeness (QED) is 0.193. The van der Waals surface area contributed by atoms with E-state index in [1.165, 1.54) is 17.3 Å². The Morgan fingerprint density at radius 2 is 1.51 bits per heavy atom. The lowest BCUT2D eigenvalue weighted by Crippen LogP contribution is -2.28. The highest BCUT2D eigenvalue weighted by Crippen LogP contribution is 2.40. The number of benzene rings is 4. The second-order valence-corrected chi connectivity index (χ2v) is 12.0. The predicted octanol–water partition coefficient (Wildman–Crippen LogP) is 9.52. The topological polar surface area (TPSA) is 41.9 Å². The molecule has 4 nitrogen and oxygen atoms in total. The van der Waals surface area contributed by atoms with Gasteiger partial charge in [-0.25, -0.2) is 4.99 Å². The number of aliphatic imine (C=N–C) groups is 1. The number of aryl methyl sites for hydroxylation is 3. The molecule has 0 aliphatic carbocycles. The summed E-state index contributed by atoms with van der Waals surface area (Å²) in [5.41, 5.74) is 6.97. The van der Waals surface area contributed by atoms with Gasteiger partial charge in [-0.15, -0.1) is 0 Å². The maximum Gasteiger partial charge on any atom is 0.271 e. The van der Waals surface area contributed by atoms with Crippen molar-refractivity contribution in [2.75, 3.05) is 4.90 Å². The molecule has 1 heterocycles. The van der Waals surface area contributed by atoms with Gasteiger partial charge in [0.1, 0.15) is 12.4 Å². The Balaban J connectivity index is 1.46. The van der Waals surface area contributed by atoms with Crippen molar-refractivity contribution < 1.29 is 9.53 Å². The molecule has 1 fully saturated rings. The number of amidine groups is 1. The van der Waals surface area contributed by atoms with E-state index < -0.39 is 0 Å². The number of hydrogen-bond donors (Lipinski definition) is 0. The summed E-state index contributed by atoms with van der Waals surface area (Å²) in [5, 5.41) is 0.631. The van der Waals surface area contributed by atoms with E-state index in [9.17, 15) is 4.79 Å². The van der Waals surface area contributed by atoms with Gasteiger partial charge in [0, 0.05) is 0 Å². The fourth-order valence-electron chi connectivity index (χ4n) is 4.22. The summed E-state index contributed by atoms with van der Waals surface area (Å²) in [5.74, 6) is 0.606. The summed E-state index contributed by atoms with van der Waals surface area (Å²) in [6.07, 6.45) is 1.90. The van der Waals surface area contributed by atoms with E-state index in [-0.39, 0.29) is 5.91 Å². The lowest BCUT2D eigenvalue weighted by Gasteiger charge is -2.16. The molecule has 0 N–H and O–H groups in total. The molecule has 39 heavy (non-hydrogen) atoms. The van der Waals surface area contributed by atoms with Gasteiger partial charge in [-0.2, -0.15) is 0 Å². The van der Waals surface area contributed by atoms with E-state index in [1.54, 1.807) is 4.90 Å². The molecular formula is C32H26Br2N2O2S. The van der Waals surface area contributed by atoms with Gasteiger partial charge in [0.2, 0.25) is 0 Å². The summed E-state index contributed by atoms with van der Waals surface area (Å²) in [4.78, 5) is 21.0. The van der Waals surface area contributed by atoms with Gasteiger partial charge in [-0.3, -0.25) is 9.69 Å². The van der Waals surface area contributed by atoms with Crippen LogP contribution in [-0.2, 0) is 11.4 Å². The zero-order valence-electron chi connectivity index (χ0n) is 21.7. The Morgan fingerprint density at radius 1 is 0.872 bits per heavy atom. The molecule has 1 saturated heterocycles. The van der Waals surface area contributed by atoms with Gasteiger partial charge >= 0.3 is 0 Å². The first kappa shape index (κ1) is 27.4. The zero-order chi connectivity index (χ0) is 27.5. The van der Waals surface area contributed by atoms with Gasteiger partial charge in [-0.05, 0) is 117 Å². The molecule has 1 aliphatic heterocycles. The number of hydrogen-bond acceptors (Lipinski definition) is 4. The molecule has 0 saturated carbocycles. The van der Waals surface area contributed by atoms with Gasteiger partial charge in [-0.1, -0.05) is 66.2 Å². The highest BCUT2D eigenvalue weighted by molar-refractivity contribution is 9.11. The normalized spacial score (nSPS) is 15.4. The van der Waals surface area contributed by atoms with Crippen LogP contribution in [0.2, 0.25) is 0 Å². The highest BCUT2D eigenvalue weighted by Gasteiger charge is 2.35. The Morgan fingerprint density at radius 3 is 2.15 bits per heavy atom. The number of ether oxygens (including phenoxy) is 1. The van der Waals surface area contributed by atoms with Crippen LogP contribution in [0.25, 0.3) is 6.08 Å². The third-order valence-electron chi connectivity index (χ3n) is 6.29. The van der Waals surface area contributed by atoms with Crippen LogP contribution in [0.4, 0.5) is 11.4 Å². The molecular weight excluding hydrogens is 636 g/mol. The minimum atomic E-state index is -0.108. The van der Waals surface area contributed by atoms with Crippen molar-refractivity contribution in [3.63, 3.8) is 0 Å². The minimum absolute atomic E-state index is 0.108. The number of anilines is 1. The monoisotopic (exact) mass is 660 g/mol. The Labute approximate surface area is 250 Å². The molecule has 0 atom stereocenters. The van der Waals surface area contributed by atoms with E-state index in [4.69, 9.17) is 9.73 Å². The van der Waals surface area contributed by atoms with Crippen molar-refractivity contribution in [1.29, 1.82) is 0 Å². The van der Waals surface area contributed by atoms with Crippen molar-refractivity contribution in [2.24, 2.45) is 4.99 Å². The number of halogens is 2. The first-order valence-electron chi connectivity index (χ1n) is 12.4. The van der Waals surface area contributed by atoms with Crippen molar-refractivity contribution >= 4 is 72.1 Å². The fraction of sp³-hybridized carbons (Fsp3) is 0.125. The SMILES string of the molecule is Cc1ccc(COc2c(Br)cc(/C=C3\SC(=Nc4c(C)cccc4C)N(c4ccccc4)C3=O)cc2Br)cc1. The number of carbonyl (C=O) groups is 1. The molecule has 5 rings (SSSR count). The predicted molar refractivity (Wildman–Crippen MR) is 170 cm³/mol. The van der Waals surface area contributed by atoms with E-state index in [2.05, 4.69) is 63.0 Å². The molecule has 0 unspecified atom stereocenters. The number of thioether (sulfide) groups is 1. The largest absolute Gasteiger partial charge is 0.487 e.